The Balaban J connectivity index is -0.000000164. The first-order valence-electron chi connectivity index (χ1n) is 10.8. The van der Waals surface area contributed by atoms with E-state index in [9.17, 15) is 14.4 Å². The van der Waals surface area contributed by atoms with E-state index < -0.39 is 0 Å². The zero-order chi connectivity index (χ0) is 23.3. The number of carbonyl (C=O) groups is 3. The van der Waals surface area contributed by atoms with Crippen LogP contribution in [0.15, 0.2) is 18.2 Å². The fraction of sp³-hybridized carbons (Fsp3) is 0.640. The summed E-state index contributed by atoms with van der Waals surface area (Å²) in [7, 11) is 0. The smallest absolute Gasteiger partial charge is 0.160 e. The van der Waals surface area contributed by atoms with Gasteiger partial charge < -0.3 is 4.79 Å². The van der Waals surface area contributed by atoms with Crippen LogP contribution in [-0.2, 0) is 16.0 Å². The normalized spacial score (nSPS) is 9.43. The number of benzene rings is 1. The highest BCUT2D eigenvalue weighted by molar-refractivity contribution is 5.95. The third kappa shape index (κ3) is 19.0. The second-order valence-electron chi connectivity index (χ2n) is 5.82. The van der Waals surface area contributed by atoms with Crippen LogP contribution in [0, 0.1) is 12.8 Å². The van der Waals surface area contributed by atoms with E-state index in [-0.39, 0.29) is 23.3 Å². The lowest BCUT2D eigenvalue weighted by molar-refractivity contribution is -0.121. The molecule has 0 saturated heterocycles. The van der Waals surface area contributed by atoms with Crippen molar-refractivity contribution in [1.29, 1.82) is 0 Å². The number of aryl methyl sites for hydroxylation is 2. The first-order valence-corrected chi connectivity index (χ1v) is 10.8. The number of ketones is 3. The van der Waals surface area contributed by atoms with Crippen LogP contribution in [-0.4, -0.2) is 17.3 Å². The lowest BCUT2D eigenvalue weighted by atomic mass is 10.00. The van der Waals surface area contributed by atoms with Crippen molar-refractivity contribution in [3.05, 3.63) is 34.9 Å². The Kier molecular flexibility index (Phi) is 28.1. The summed E-state index contributed by atoms with van der Waals surface area (Å²) in [5.74, 6) is 0.533. The average molecular weight is 395 g/mol. The van der Waals surface area contributed by atoms with Crippen molar-refractivity contribution in [2.45, 2.75) is 102 Å². The Bertz CT molecular complexity index is 531. The molecule has 0 amide bonds. The Morgan fingerprint density at radius 3 is 1.68 bits per heavy atom. The third-order valence-electron chi connectivity index (χ3n) is 3.64. The molecule has 0 aliphatic carbocycles. The molecule has 0 bridgehead atoms. The van der Waals surface area contributed by atoms with E-state index in [2.05, 4.69) is 13.0 Å². The van der Waals surface area contributed by atoms with E-state index in [0.29, 0.717) is 12.8 Å². The monoisotopic (exact) mass is 394 g/mol. The molecule has 1 unspecified atom stereocenters. The predicted molar refractivity (Wildman–Crippen MR) is 124 cm³/mol. The Morgan fingerprint density at radius 2 is 1.36 bits per heavy atom. The molecule has 0 saturated carbocycles. The molecule has 3 heteroatoms. The van der Waals surface area contributed by atoms with Crippen LogP contribution in [0.3, 0.4) is 0 Å². The zero-order valence-electron chi connectivity index (χ0n) is 20.7. The SMILES string of the molecule is CC.CC.CC.CC(=O)CCC(C)C(C)=O.CCc1cc(C)ccc1C(C)=O. The van der Waals surface area contributed by atoms with Gasteiger partial charge in [0.2, 0.25) is 0 Å². The first-order chi connectivity index (χ1) is 13.2. The standard InChI is InChI=1S/C11H14O.C8H14O2.3C2H6/c1-4-10-7-8(2)5-6-11(10)9(3)12;1-6(8(3)10)4-5-7(2)9;3*1-2/h5-7H,4H2,1-3H3;6H,4-5H2,1-3H3;3*1-2H3. The molecule has 0 heterocycles. The number of hydrogen-bond acceptors (Lipinski definition) is 3. The molecular formula is C25H46O3. The molecule has 0 aromatic heterocycles. The van der Waals surface area contributed by atoms with Gasteiger partial charge in [-0.15, -0.1) is 0 Å². The van der Waals surface area contributed by atoms with Gasteiger partial charge in [0, 0.05) is 17.9 Å². The van der Waals surface area contributed by atoms with Crippen LogP contribution in [0.4, 0.5) is 0 Å². The lowest BCUT2D eigenvalue weighted by Crippen LogP contribution is -2.07. The van der Waals surface area contributed by atoms with E-state index in [4.69, 9.17) is 0 Å². The van der Waals surface area contributed by atoms with Gasteiger partial charge in [0.1, 0.15) is 11.6 Å². The molecule has 0 aliphatic heterocycles. The first kappa shape index (κ1) is 33.8. The highest BCUT2D eigenvalue weighted by Crippen LogP contribution is 2.12. The summed E-state index contributed by atoms with van der Waals surface area (Å²) in [6.45, 7) is 22.7. The molecule has 0 radical (unpaired) electrons. The molecule has 0 spiro atoms. The second kappa shape index (κ2) is 23.3. The number of rotatable bonds is 6. The summed E-state index contributed by atoms with van der Waals surface area (Å²) in [5.41, 5.74) is 3.24. The molecule has 28 heavy (non-hydrogen) atoms. The lowest BCUT2D eigenvalue weighted by Gasteiger charge is -2.04. The molecule has 0 N–H and O–H groups in total. The summed E-state index contributed by atoms with van der Waals surface area (Å²) >= 11 is 0. The predicted octanol–water partition coefficient (Wildman–Crippen LogP) is 7.42. The number of Topliss-reactive ketones (excluding diaryl/α,β-unsaturated/α-hetero) is 3. The molecule has 3 nitrogen and oxygen atoms in total. The van der Waals surface area contributed by atoms with Crippen LogP contribution in [0.5, 0.6) is 0 Å². The summed E-state index contributed by atoms with van der Waals surface area (Å²) in [4.78, 5) is 32.2. The molecule has 164 valence electrons. The molecule has 1 aromatic rings. The Labute approximate surface area is 175 Å². The Hall–Kier alpha value is -1.77. The van der Waals surface area contributed by atoms with Crippen LogP contribution < -0.4 is 0 Å². The van der Waals surface area contributed by atoms with Gasteiger partial charge in [-0.1, -0.05) is 79.2 Å². The summed E-state index contributed by atoms with van der Waals surface area (Å²) < 4.78 is 0. The van der Waals surface area contributed by atoms with Crippen molar-refractivity contribution in [2.24, 2.45) is 5.92 Å². The van der Waals surface area contributed by atoms with Crippen molar-refractivity contribution < 1.29 is 14.4 Å². The van der Waals surface area contributed by atoms with E-state index in [0.717, 1.165) is 17.5 Å². The molecule has 1 aromatic carbocycles. The van der Waals surface area contributed by atoms with E-state index in [1.165, 1.54) is 5.56 Å². The maximum Gasteiger partial charge on any atom is 0.160 e. The summed E-state index contributed by atoms with van der Waals surface area (Å²) in [6.07, 6.45) is 2.15. The minimum atomic E-state index is 0.0453. The fourth-order valence-electron chi connectivity index (χ4n) is 1.98. The van der Waals surface area contributed by atoms with Gasteiger partial charge in [-0.3, -0.25) is 9.59 Å². The highest BCUT2D eigenvalue weighted by atomic mass is 16.1. The van der Waals surface area contributed by atoms with Gasteiger partial charge in [0.15, 0.2) is 5.78 Å². The van der Waals surface area contributed by atoms with Gasteiger partial charge in [0.05, 0.1) is 0 Å². The average Bonchev–Trinajstić information content (AvgIpc) is 2.70. The maximum atomic E-state index is 11.1. The molecule has 1 rings (SSSR count). The van der Waals surface area contributed by atoms with Gasteiger partial charge in [-0.2, -0.15) is 0 Å². The van der Waals surface area contributed by atoms with Crippen LogP contribution in [0.25, 0.3) is 0 Å². The Morgan fingerprint density at radius 1 is 0.893 bits per heavy atom. The third-order valence-corrected chi connectivity index (χ3v) is 3.64. The van der Waals surface area contributed by atoms with Gasteiger partial charge in [-0.05, 0) is 46.1 Å². The topological polar surface area (TPSA) is 51.2 Å². The van der Waals surface area contributed by atoms with Crippen molar-refractivity contribution in [1.82, 2.24) is 0 Å². The van der Waals surface area contributed by atoms with Crippen LogP contribution in [0.1, 0.15) is 110 Å². The van der Waals surface area contributed by atoms with Gasteiger partial charge >= 0.3 is 0 Å². The highest BCUT2D eigenvalue weighted by Gasteiger charge is 2.07. The largest absolute Gasteiger partial charge is 0.300 e. The fourth-order valence-corrected chi connectivity index (χ4v) is 1.98. The minimum Gasteiger partial charge on any atom is -0.300 e. The molecule has 0 aliphatic rings. The van der Waals surface area contributed by atoms with E-state index in [1.54, 1.807) is 20.8 Å². The number of carbonyl (C=O) groups excluding carboxylic acids is 3. The van der Waals surface area contributed by atoms with Gasteiger partial charge in [-0.25, -0.2) is 0 Å². The van der Waals surface area contributed by atoms with Crippen LogP contribution >= 0.6 is 0 Å². The van der Waals surface area contributed by atoms with Gasteiger partial charge in [0.25, 0.3) is 0 Å². The summed E-state index contributed by atoms with van der Waals surface area (Å²) in [6, 6.07) is 5.98. The second-order valence-corrected chi connectivity index (χ2v) is 5.82. The quantitative estimate of drug-likeness (QED) is 0.472. The summed E-state index contributed by atoms with van der Waals surface area (Å²) in [5, 5.41) is 0. The molecular weight excluding hydrogens is 348 g/mol. The van der Waals surface area contributed by atoms with Crippen molar-refractivity contribution in [2.75, 3.05) is 0 Å². The van der Waals surface area contributed by atoms with Crippen molar-refractivity contribution in [3.8, 4) is 0 Å². The van der Waals surface area contributed by atoms with E-state index >= 15 is 0 Å². The van der Waals surface area contributed by atoms with Crippen LogP contribution in [0.2, 0.25) is 0 Å². The van der Waals surface area contributed by atoms with Crippen molar-refractivity contribution in [3.63, 3.8) is 0 Å². The maximum absolute atomic E-state index is 11.1. The van der Waals surface area contributed by atoms with E-state index in [1.807, 2.05) is 67.5 Å². The minimum absolute atomic E-state index is 0.0453. The van der Waals surface area contributed by atoms with Crippen molar-refractivity contribution >= 4 is 17.3 Å². The molecule has 1 atom stereocenters. The number of hydrogen-bond donors (Lipinski definition) is 0. The zero-order valence-corrected chi connectivity index (χ0v) is 20.7. The molecule has 0 fully saturated rings.